The van der Waals surface area contributed by atoms with Gasteiger partial charge in [0.1, 0.15) is 11.7 Å². The van der Waals surface area contributed by atoms with Crippen molar-refractivity contribution in [2.75, 3.05) is 18.4 Å². The number of anilines is 1. The fraction of sp³-hybridized carbons (Fsp3) is 0.385. The molecule has 0 bridgehead atoms. The number of nitrogens with two attached hydrogens (primary N) is 1. The lowest BCUT2D eigenvalue weighted by Gasteiger charge is -2.26. The van der Waals surface area contributed by atoms with Crippen LogP contribution in [0.4, 0.5) is 14.9 Å². The molecule has 0 saturated carbocycles. The van der Waals surface area contributed by atoms with E-state index in [9.17, 15) is 9.18 Å². The third-order valence-corrected chi connectivity index (χ3v) is 3.16. The first-order valence-electron chi connectivity index (χ1n) is 6.28. The monoisotopic (exact) mass is 264 g/mol. The van der Waals surface area contributed by atoms with Crippen molar-refractivity contribution in [3.63, 3.8) is 0 Å². The molecule has 1 heterocycles. The van der Waals surface area contributed by atoms with Gasteiger partial charge in [0.2, 0.25) is 0 Å². The summed E-state index contributed by atoms with van der Waals surface area (Å²) in [6.45, 7) is 1.41. The summed E-state index contributed by atoms with van der Waals surface area (Å²) in [5, 5.41) is 9.77. The average Bonchev–Trinajstić information content (AvgIpc) is 2.41. The molecule has 0 aliphatic carbocycles. The minimum Gasteiger partial charge on any atom is -0.384 e. The van der Waals surface area contributed by atoms with E-state index in [2.05, 4.69) is 5.32 Å². The lowest BCUT2D eigenvalue weighted by Crippen LogP contribution is -2.38. The summed E-state index contributed by atoms with van der Waals surface area (Å²) in [5.74, 6) is -0.786. The van der Waals surface area contributed by atoms with E-state index in [0.29, 0.717) is 18.7 Å². The van der Waals surface area contributed by atoms with E-state index < -0.39 is 5.82 Å². The van der Waals surface area contributed by atoms with E-state index >= 15 is 0 Å². The molecule has 5 nitrogen and oxygen atoms in total. The fourth-order valence-electron chi connectivity index (χ4n) is 2.08. The van der Waals surface area contributed by atoms with E-state index in [1.807, 2.05) is 0 Å². The number of rotatable bonds is 2. The molecule has 19 heavy (non-hydrogen) atoms. The van der Waals surface area contributed by atoms with Crippen molar-refractivity contribution in [2.24, 2.45) is 5.73 Å². The molecule has 0 spiro atoms. The molecule has 1 aromatic carbocycles. The molecule has 1 aliphatic heterocycles. The first-order valence-corrected chi connectivity index (χ1v) is 6.28. The molecule has 1 saturated heterocycles. The molecule has 102 valence electrons. The van der Waals surface area contributed by atoms with Crippen LogP contribution in [0.25, 0.3) is 0 Å². The van der Waals surface area contributed by atoms with Crippen LogP contribution in [0.1, 0.15) is 24.8 Å². The molecule has 0 atom stereocenters. The van der Waals surface area contributed by atoms with E-state index in [1.165, 1.54) is 12.1 Å². The highest BCUT2D eigenvalue weighted by atomic mass is 19.1. The Hall–Kier alpha value is -2.11. The molecule has 4 N–H and O–H groups in total. The van der Waals surface area contributed by atoms with Crippen LogP contribution < -0.4 is 11.1 Å². The summed E-state index contributed by atoms with van der Waals surface area (Å²) in [4.78, 5) is 13.6. The Morgan fingerprint density at radius 3 is 2.58 bits per heavy atom. The van der Waals surface area contributed by atoms with Gasteiger partial charge in [-0.1, -0.05) is 0 Å². The van der Waals surface area contributed by atoms with Crippen LogP contribution >= 0.6 is 0 Å². The maximum Gasteiger partial charge on any atom is 0.321 e. The zero-order chi connectivity index (χ0) is 13.8. The van der Waals surface area contributed by atoms with Gasteiger partial charge in [-0.2, -0.15) is 0 Å². The maximum absolute atomic E-state index is 13.8. The molecule has 0 unspecified atom stereocenters. The van der Waals surface area contributed by atoms with Gasteiger partial charge in [-0.15, -0.1) is 0 Å². The number of hydrogen-bond donors (Lipinski definition) is 3. The number of piperidine rings is 1. The number of nitrogen functional groups attached to an aromatic ring is 1. The van der Waals surface area contributed by atoms with Crippen molar-refractivity contribution in [1.82, 2.24) is 4.90 Å². The maximum atomic E-state index is 13.8. The van der Waals surface area contributed by atoms with Crippen molar-refractivity contribution in [3.05, 3.63) is 29.6 Å². The van der Waals surface area contributed by atoms with Gasteiger partial charge in [-0.25, -0.2) is 9.18 Å². The molecular weight excluding hydrogens is 247 g/mol. The number of nitrogens with one attached hydrogen (secondary N) is 2. The minimum absolute atomic E-state index is 0.112. The molecule has 2 rings (SSSR count). The fourth-order valence-corrected chi connectivity index (χ4v) is 2.08. The Kier molecular flexibility index (Phi) is 3.99. The Labute approximate surface area is 111 Å². The molecule has 2 amide bonds. The van der Waals surface area contributed by atoms with Gasteiger partial charge in [0.25, 0.3) is 0 Å². The van der Waals surface area contributed by atoms with Crippen molar-refractivity contribution in [1.29, 1.82) is 5.41 Å². The summed E-state index contributed by atoms with van der Waals surface area (Å²) < 4.78 is 13.8. The number of amidine groups is 1. The van der Waals surface area contributed by atoms with Crippen LogP contribution in [-0.2, 0) is 0 Å². The van der Waals surface area contributed by atoms with Crippen molar-refractivity contribution in [3.8, 4) is 0 Å². The van der Waals surface area contributed by atoms with Crippen LogP contribution in [0.5, 0.6) is 0 Å². The van der Waals surface area contributed by atoms with Crippen LogP contribution in [-0.4, -0.2) is 29.9 Å². The first-order chi connectivity index (χ1) is 9.08. The normalized spacial score (nSPS) is 15.1. The Balaban J connectivity index is 2.06. The van der Waals surface area contributed by atoms with Gasteiger partial charge < -0.3 is 16.0 Å². The Morgan fingerprint density at radius 2 is 2.00 bits per heavy atom. The van der Waals surface area contributed by atoms with Gasteiger partial charge in [-0.3, -0.25) is 5.41 Å². The van der Waals surface area contributed by atoms with E-state index in [-0.39, 0.29) is 17.6 Å². The molecule has 1 aromatic rings. The molecular formula is C13H17FN4O. The van der Waals surface area contributed by atoms with Gasteiger partial charge in [0, 0.05) is 18.7 Å². The molecule has 1 fully saturated rings. The second-order valence-electron chi connectivity index (χ2n) is 4.59. The van der Waals surface area contributed by atoms with Crippen LogP contribution in [0, 0.1) is 11.2 Å². The van der Waals surface area contributed by atoms with E-state index in [1.54, 1.807) is 4.90 Å². The number of amides is 2. The average molecular weight is 264 g/mol. The van der Waals surface area contributed by atoms with Gasteiger partial charge >= 0.3 is 6.03 Å². The molecule has 0 radical (unpaired) electrons. The molecule has 0 aromatic heterocycles. The van der Waals surface area contributed by atoms with E-state index in [0.717, 1.165) is 25.3 Å². The largest absolute Gasteiger partial charge is 0.384 e. The highest BCUT2D eigenvalue weighted by Gasteiger charge is 2.17. The zero-order valence-corrected chi connectivity index (χ0v) is 10.6. The lowest BCUT2D eigenvalue weighted by atomic mass is 10.1. The second kappa shape index (κ2) is 5.69. The van der Waals surface area contributed by atoms with Crippen molar-refractivity contribution >= 4 is 17.6 Å². The number of carbonyl (C=O) groups is 1. The number of likely N-dealkylation sites (tertiary alicyclic amines) is 1. The topological polar surface area (TPSA) is 82.2 Å². The highest BCUT2D eigenvalue weighted by molar-refractivity contribution is 5.96. The summed E-state index contributed by atoms with van der Waals surface area (Å²) in [6, 6.07) is 3.80. The third kappa shape index (κ3) is 3.21. The number of benzene rings is 1. The summed E-state index contributed by atoms with van der Waals surface area (Å²) in [7, 11) is 0. The van der Waals surface area contributed by atoms with Crippen LogP contribution in [0.3, 0.4) is 0 Å². The van der Waals surface area contributed by atoms with Crippen LogP contribution in [0.2, 0.25) is 0 Å². The Bertz CT molecular complexity index is 497. The number of halogens is 1. The van der Waals surface area contributed by atoms with Gasteiger partial charge in [-0.05, 0) is 37.5 Å². The SMILES string of the molecule is N=C(N)c1ccc(NC(=O)N2CCCCC2)c(F)c1. The summed E-state index contributed by atoms with van der Waals surface area (Å²) >= 11 is 0. The van der Waals surface area contributed by atoms with E-state index in [4.69, 9.17) is 11.1 Å². The first kappa shape index (κ1) is 13.3. The van der Waals surface area contributed by atoms with Crippen LogP contribution in [0.15, 0.2) is 18.2 Å². The Morgan fingerprint density at radius 1 is 1.32 bits per heavy atom. The summed E-state index contributed by atoms with van der Waals surface area (Å²) in [6.07, 6.45) is 3.10. The van der Waals surface area contributed by atoms with Gasteiger partial charge in [0.15, 0.2) is 0 Å². The van der Waals surface area contributed by atoms with Crippen molar-refractivity contribution < 1.29 is 9.18 Å². The number of urea groups is 1. The standard InChI is InChI=1S/C13H17FN4O/c14-10-8-9(12(15)16)4-5-11(10)17-13(19)18-6-2-1-3-7-18/h4-5,8H,1-3,6-7H2,(H3,15,16)(H,17,19). The number of nitrogens with zero attached hydrogens (tertiary/aromatic N) is 1. The minimum atomic E-state index is -0.585. The quantitative estimate of drug-likeness (QED) is 0.565. The molecule has 1 aliphatic rings. The lowest BCUT2D eigenvalue weighted by molar-refractivity contribution is 0.200. The molecule has 6 heteroatoms. The third-order valence-electron chi connectivity index (χ3n) is 3.16. The zero-order valence-electron chi connectivity index (χ0n) is 10.6. The summed E-state index contributed by atoms with van der Waals surface area (Å²) in [5.41, 5.74) is 5.68. The second-order valence-corrected chi connectivity index (χ2v) is 4.59. The highest BCUT2D eigenvalue weighted by Crippen LogP contribution is 2.17. The number of carbonyl (C=O) groups excluding carboxylic acids is 1. The predicted octanol–water partition coefficient (Wildman–Crippen LogP) is 2.13. The smallest absolute Gasteiger partial charge is 0.321 e. The number of hydrogen-bond acceptors (Lipinski definition) is 2. The predicted molar refractivity (Wildman–Crippen MR) is 71.9 cm³/mol. The van der Waals surface area contributed by atoms with Gasteiger partial charge in [0.05, 0.1) is 5.69 Å². The van der Waals surface area contributed by atoms with Crippen molar-refractivity contribution in [2.45, 2.75) is 19.3 Å².